The van der Waals surface area contributed by atoms with Crippen LogP contribution in [0, 0.1) is 29.3 Å². The van der Waals surface area contributed by atoms with E-state index in [4.69, 9.17) is 4.74 Å². The molecule has 0 saturated heterocycles. The molecule has 0 amide bonds. The zero-order valence-electron chi connectivity index (χ0n) is 20.6. The standard InChI is InChI=1S/C30H37F3O/c1-3-4-5-6-20-7-9-21(10-8-20)11-12-22-13-14-23-18-26(27(31)19-24(23)17-22)25-15-16-28(34-2)30(33)29(25)32/h15-21H,3-14H2,1-2H3. The van der Waals surface area contributed by atoms with Crippen LogP contribution in [0.15, 0.2) is 29.8 Å². The van der Waals surface area contributed by atoms with Gasteiger partial charge in [-0.1, -0.05) is 69.9 Å². The Morgan fingerprint density at radius 3 is 2.29 bits per heavy atom. The normalized spacial score (nSPS) is 20.1. The Bertz CT molecular complexity index is 1020. The summed E-state index contributed by atoms with van der Waals surface area (Å²) < 4.78 is 48.5. The Morgan fingerprint density at radius 2 is 1.59 bits per heavy atom. The lowest BCUT2D eigenvalue weighted by molar-refractivity contribution is 0.249. The molecule has 0 aromatic heterocycles. The summed E-state index contributed by atoms with van der Waals surface area (Å²) in [4.78, 5) is 0. The summed E-state index contributed by atoms with van der Waals surface area (Å²) in [7, 11) is 1.28. The maximum Gasteiger partial charge on any atom is 0.201 e. The van der Waals surface area contributed by atoms with Crippen LogP contribution in [0.1, 0.15) is 88.7 Å². The van der Waals surface area contributed by atoms with Gasteiger partial charge in [0.2, 0.25) is 5.82 Å². The Balaban J connectivity index is 1.39. The third-order valence-electron chi connectivity index (χ3n) is 7.92. The maximum atomic E-state index is 15.0. The van der Waals surface area contributed by atoms with Crippen molar-refractivity contribution in [2.24, 2.45) is 11.8 Å². The number of rotatable bonds is 9. The van der Waals surface area contributed by atoms with Gasteiger partial charge in [0.1, 0.15) is 5.82 Å². The minimum atomic E-state index is -1.09. The summed E-state index contributed by atoms with van der Waals surface area (Å²) >= 11 is 0. The third kappa shape index (κ3) is 5.70. The number of hydrogen-bond donors (Lipinski definition) is 0. The van der Waals surface area contributed by atoms with Crippen molar-refractivity contribution in [2.75, 3.05) is 7.11 Å². The molecule has 34 heavy (non-hydrogen) atoms. The second kappa shape index (κ2) is 11.5. The highest BCUT2D eigenvalue weighted by Crippen LogP contribution is 2.38. The largest absolute Gasteiger partial charge is 0.494 e. The van der Waals surface area contributed by atoms with E-state index in [0.717, 1.165) is 42.2 Å². The summed E-state index contributed by atoms with van der Waals surface area (Å²) in [6.07, 6.45) is 17.1. The van der Waals surface area contributed by atoms with E-state index in [9.17, 15) is 13.2 Å². The van der Waals surface area contributed by atoms with Crippen LogP contribution in [0.2, 0.25) is 0 Å². The van der Waals surface area contributed by atoms with E-state index in [0.29, 0.717) is 0 Å². The molecule has 0 radical (unpaired) electrons. The van der Waals surface area contributed by atoms with E-state index in [1.54, 1.807) is 6.07 Å². The number of hydrogen-bond acceptors (Lipinski definition) is 1. The van der Waals surface area contributed by atoms with Gasteiger partial charge in [-0.2, -0.15) is 4.39 Å². The molecule has 0 spiro atoms. The smallest absolute Gasteiger partial charge is 0.201 e. The van der Waals surface area contributed by atoms with Crippen LogP contribution in [-0.2, 0) is 6.42 Å². The number of allylic oxidation sites excluding steroid dienone is 1. The zero-order valence-corrected chi connectivity index (χ0v) is 20.6. The van der Waals surface area contributed by atoms with Gasteiger partial charge in [0.05, 0.1) is 7.11 Å². The van der Waals surface area contributed by atoms with Crippen molar-refractivity contribution < 1.29 is 17.9 Å². The molecule has 2 aliphatic rings. The Labute approximate surface area is 202 Å². The summed E-state index contributed by atoms with van der Waals surface area (Å²) in [5.74, 6) is -1.13. The molecule has 0 N–H and O–H groups in total. The highest BCUT2D eigenvalue weighted by molar-refractivity contribution is 5.71. The molecule has 0 atom stereocenters. The number of ether oxygens (including phenoxy) is 1. The fourth-order valence-electron chi connectivity index (χ4n) is 5.75. The molecule has 1 nitrogen and oxygen atoms in total. The number of fused-ring (bicyclic) bond motifs is 1. The van der Waals surface area contributed by atoms with Gasteiger partial charge in [-0.05, 0) is 72.9 Å². The lowest BCUT2D eigenvalue weighted by atomic mass is 9.77. The molecule has 184 valence electrons. The second-order valence-corrected chi connectivity index (χ2v) is 10.2. The Morgan fingerprint density at radius 1 is 0.853 bits per heavy atom. The second-order valence-electron chi connectivity index (χ2n) is 10.2. The summed E-state index contributed by atoms with van der Waals surface area (Å²) in [5, 5.41) is 0. The molecule has 0 aliphatic heterocycles. The van der Waals surface area contributed by atoms with Gasteiger partial charge in [-0.3, -0.25) is 0 Å². The van der Waals surface area contributed by atoms with Gasteiger partial charge in [-0.15, -0.1) is 0 Å². The topological polar surface area (TPSA) is 9.23 Å². The van der Waals surface area contributed by atoms with Crippen molar-refractivity contribution in [1.82, 2.24) is 0 Å². The van der Waals surface area contributed by atoms with Crippen molar-refractivity contribution in [3.63, 3.8) is 0 Å². The predicted molar refractivity (Wildman–Crippen MR) is 133 cm³/mol. The molecule has 0 heterocycles. The van der Waals surface area contributed by atoms with Gasteiger partial charge < -0.3 is 4.74 Å². The highest BCUT2D eigenvalue weighted by Gasteiger charge is 2.23. The third-order valence-corrected chi connectivity index (χ3v) is 7.92. The lowest BCUT2D eigenvalue weighted by Gasteiger charge is -2.29. The van der Waals surface area contributed by atoms with Crippen molar-refractivity contribution in [1.29, 1.82) is 0 Å². The molecule has 1 fully saturated rings. The van der Waals surface area contributed by atoms with Crippen molar-refractivity contribution >= 4 is 6.08 Å². The summed E-state index contributed by atoms with van der Waals surface area (Å²) in [6.45, 7) is 2.27. The van der Waals surface area contributed by atoms with E-state index < -0.39 is 17.5 Å². The molecule has 2 aromatic carbocycles. The first-order valence-electron chi connectivity index (χ1n) is 13.0. The molecular formula is C30H37F3O. The minimum absolute atomic E-state index is 0.0707. The average Bonchev–Trinajstić information content (AvgIpc) is 2.85. The zero-order chi connectivity index (χ0) is 24.1. The quantitative estimate of drug-likeness (QED) is 0.332. The number of unbranched alkanes of at least 4 members (excludes halogenated alkanes) is 2. The summed E-state index contributed by atoms with van der Waals surface area (Å²) in [6, 6.07) is 5.88. The van der Waals surface area contributed by atoms with Crippen LogP contribution in [0.3, 0.4) is 0 Å². The van der Waals surface area contributed by atoms with E-state index in [-0.39, 0.29) is 16.9 Å². The molecular weight excluding hydrogens is 433 g/mol. The van der Waals surface area contributed by atoms with Crippen molar-refractivity contribution in [3.8, 4) is 16.9 Å². The first kappa shape index (κ1) is 24.9. The Kier molecular flexibility index (Phi) is 8.39. The van der Waals surface area contributed by atoms with Crippen LogP contribution in [0.25, 0.3) is 17.2 Å². The highest BCUT2D eigenvalue weighted by atomic mass is 19.2. The lowest BCUT2D eigenvalue weighted by Crippen LogP contribution is -2.15. The van der Waals surface area contributed by atoms with Gasteiger partial charge >= 0.3 is 0 Å². The fraction of sp³-hybridized carbons (Fsp3) is 0.533. The molecule has 0 bridgehead atoms. The molecule has 1 saturated carbocycles. The first-order chi connectivity index (χ1) is 16.5. The molecule has 2 aromatic rings. The number of methoxy groups -OCH3 is 1. The van der Waals surface area contributed by atoms with Gasteiger partial charge in [0.15, 0.2) is 11.6 Å². The van der Waals surface area contributed by atoms with Crippen LogP contribution < -0.4 is 4.74 Å². The van der Waals surface area contributed by atoms with Crippen LogP contribution in [0.5, 0.6) is 5.75 Å². The van der Waals surface area contributed by atoms with Crippen LogP contribution >= 0.6 is 0 Å². The van der Waals surface area contributed by atoms with E-state index >= 15 is 0 Å². The summed E-state index contributed by atoms with van der Waals surface area (Å²) in [5.41, 5.74) is 3.27. The molecule has 2 aliphatic carbocycles. The van der Waals surface area contributed by atoms with Crippen molar-refractivity contribution in [3.05, 3.63) is 58.4 Å². The number of benzene rings is 2. The van der Waals surface area contributed by atoms with Crippen LogP contribution in [0.4, 0.5) is 13.2 Å². The average molecular weight is 471 g/mol. The number of halogens is 3. The molecule has 4 heteroatoms. The number of aryl methyl sites for hydroxylation is 1. The van der Waals surface area contributed by atoms with Crippen LogP contribution in [-0.4, -0.2) is 7.11 Å². The minimum Gasteiger partial charge on any atom is -0.494 e. The van der Waals surface area contributed by atoms with Gasteiger partial charge in [0.25, 0.3) is 0 Å². The van der Waals surface area contributed by atoms with E-state index in [1.807, 2.05) is 0 Å². The maximum absolute atomic E-state index is 15.0. The van der Waals surface area contributed by atoms with Crippen molar-refractivity contribution in [2.45, 2.75) is 84.0 Å². The monoisotopic (exact) mass is 470 g/mol. The fourth-order valence-corrected chi connectivity index (χ4v) is 5.75. The Hall–Kier alpha value is -2.23. The van der Waals surface area contributed by atoms with E-state index in [2.05, 4.69) is 13.0 Å². The van der Waals surface area contributed by atoms with Gasteiger partial charge in [-0.25, -0.2) is 8.78 Å². The molecule has 4 rings (SSSR count). The molecule has 0 unspecified atom stereocenters. The van der Waals surface area contributed by atoms with Gasteiger partial charge in [0, 0.05) is 11.1 Å². The SMILES string of the molecule is CCCCCC1CCC(CCC2=Cc3cc(F)c(-c4ccc(OC)c(F)c4F)cc3CC2)CC1. The predicted octanol–water partition coefficient (Wildman–Crippen LogP) is 9.28. The van der Waals surface area contributed by atoms with E-state index in [1.165, 1.54) is 88.7 Å². The first-order valence-corrected chi connectivity index (χ1v) is 13.0.